The Labute approximate surface area is 478 Å². The van der Waals surface area contributed by atoms with Crippen LogP contribution in [0.4, 0.5) is 0 Å². The fourth-order valence-electron chi connectivity index (χ4n) is 10.8. The van der Waals surface area contributed by atoms with Gasteiger partial charge in [-0.05, 0) is 6.92 Å². The molecule has 21 rings (SSSR count). The summed E-state index contributed by atoms with van der Waals surface area (Å²) in [6.45, 7) is -4.62. The van der Waals surface area contributed by atoms with Crippen molar-refractivity contribution < 1.29 is 190 Å². The maximum absolute atomic E-state index is 11.7. The van der Waals surface area contributed by atoms with Crippen LogP contribution in [0, 0.1) is 0 Å². The first-order chi connectivity index (χ1) is 38.9. The molecule has 83 heavy (non-hydrogen) atoms. The van der Waals surface area contributed by atoms with E-state index in [0.29, 0.717) is 6.54 Å². The highest BCUT2D eigenvalue weighted by molar-refractivity contribution is 5.01. The molecule has 0 aliphatic carbocycles. The Bertz CT molecular complexity index is 1970. The van der Waals surface area contributed by atoms with E-state index >= 15 is 0 Å². The highest BCUT2D eigenvalue weighted by atomic mass is 35.5. The van der Waals surface area contributed by atoms with Gasteiger partial charge in [0, 0.05) is 0 Å². The molecule has 0 aromatic carbocycles. The lowest BCUT2D eigenvalue weighted by Gasteiger charge is -2.50. The van der Waals surface area contributed by atoms with Gasteiger partial charge in [0.1, 0.15) is 184 Å². The van der Waals surface area contributed by atoms with Gasteiger partial charge in [0.15, 0.2) is 44.0 Å². The van der Waals surface area contributed by atoms with Crippen molar-refractivity contribution in [2.75, 3.05) is 66.9 Å². The van der Waals surface area contributed by atoms with Gasteiger partial charge < -0.3 is 181 Å². The maximum Gasteiger partial charge on any atom is 0.187 e. The van der Waals surface area contributed by atoms with Gasteiger partial charge in [-0.3, -0.25) is 0 Å². The van der Waals surface area contributed by atoms with E-state index in [1.807, 2.05) is 0 Å². The number of hydrogen-bond donors (Lipinski definition) is 20. The van der Waals surface area contributed by atoms with Gasteiger partial charge in [0.25, 0.3) is 0 Å². The zero-order valence-electron chi connectivity index (χ0n) is 44.8. The Balaban J connectivity index is 0.00000990. The lowest BCUT2D eigenvalue weighted by atomic mass is 9.95. The summed E-state index contributed by atoms with van der Waals surface area (Å²) in [7, 11) is 3.27. The monoisotopic (exact) mass is 1240 g/mol. The number of rotatable bonds is 10. The summed E-state index contributed by atoms with van der Waals surface area (Å²) in [5, 5.41) is 223. The van der Waals surface area contributed by atoms with Crippen LogP contribution in [0.1, 0.15) is 6.92 Å². The second kappa shape index (κ2) is 29.2. The topological polar surface area (TPSA) is 543 Å². The van der Waals surface area contributed by atoms with Crippen LogP contribution in [-0.2, 0) is 71.2 Å². The molecule has 21 aliphatic rings. The Morgan fingerprint density at radius 1 is 0.265 bits per heavy atom. The predicted octanol–water partition coefficient (Wildman–Crippen LogP) is -17.2. The molecule has 37 heteroatoms. The molecule has 36 nitrogen and oxygen atoms in total. The molecule has 21 heterocycles. The van der Waals surface area contributed by atoms with Crippen molar-refractivity contribution in [2.24, 2.45) is 0 Å². The molecule has 0 aromatic heterocycles. The van der Waals surface area contributed by atoms with Gasteiger partial charge in [-0.1, -0.05) is 0 Å². The fraction of sp³-hybridized carbons (Fsp3) is 1.00. The summed E-state index contributed by atoms with van der Waals surface area (Å²) < 4.78 is 80.9. The van der Waals surface area contributed by atoms with Gasteiger partial charge in [0.05, 0.1) is 53.7 Å². The second-order valence-corrected chi connectivity index (χ2v) is 21.7. The van der Waals surface area contributed by atoms with Gasteiger partial charge in [0.2, 0.25) is 0 Å². The van der Waals surface area contributed by atoms with Crippen LogP contribution in [0.3, 0.4) is 0 Å². The summed E-state index contributed by atoms with van der Waals surface area (Å²) in [6.07, 6.45) is -69.6. The van der Waals surface area contributed by atoms with Crippen molar-refractivity contribution in [3.05, 3.63) is 0 Å². The van der Waals surface area contributed by atoms with Crippen molar-refractivity contribution in [1.82, 2.24) is 0 Å². The number of ether oxygens (including phenoxy) is 14. The van der Waals surface area contributed by atoms with Crippen molar-refractivity contribution in [2.45, 2.75) is 222 Å². The van der Waals surface area contributed by atoms with Crippen LogP contribution in [0.5, 0.6) is 0 Å². The number of nitrogens with zero attached hydrogens (tertiary/aromatic N) is 1. The van der Waals surface area contributed by atoms with Crippen molar-refractivity contribution in [1.29, 1.82) is 0 Å². The third-order valence-electron chi connectivity index (χ3n) is 16.0. The molecule has 21 aliphatic heterocycles. The quantitative estimate of drug-likeness (QED) is 0.0713. The minimum atomic E-state index is -2.21. The summed E-state index contributed by atoms with van der Waals surface area (Å²) in [5.41, 5.74) is 0. The highest BCUT2D eigenvalue weighted by Gasteiger charge is 2.60. The summed E-state index contributed by atoms with van der Waals surface area (Å²) in [6, 6.07) is 0. The van der Waals surface area contributed by atoms with Gasteiger partial charge in [-0.25, -0.2) is 4.84 Å². The smallest absolute Gasteiger partial charge is 0.187 e. The van der Waals surface area contributed by atoms with Gasteiger partial charge in [-0.2, -0.15) is 4.65 Å². The van der Waals surface area contributed by atoms with E-state index in [4.69, 9.17) is 71.2 Å². The van der Waals surface area contributed by atoms with E-state index in [2.05, 4.69) is 0 Å². The molecule has 0 aromatic rings. The first-order valence-electron chi connectivity index (χ1n) is 26.7. The van der Waals surface area contributed by atoms with Gasteiger partial charge in [-0.15, -0.1) is 0 Å². The molecule has 0 spiro atoms. The van der Waals surface area contributed by atoms with E-state index in [0.717, 1.165) is 0 Å². The summed E-state index contributed by atoms with van der Waals surface area (Å²) in [5.74, 6) is 0. The first-order valence-corrected chi connectivity index (χ1v) is 26.7. The normalized spacial score (nSPS) is 52.3. The van der Waals surface area contributed by atoms with Crippen LogP contribution in [0.25, 0.3) is 0 Å². The SMILES string of the molecule is CC[N+](C)(C)OC[C@H]1O[C@@H]2O[C@H]3[C@H](O)[C@H](O)[C@@H](O[C@H]4[C@H](O)[C@H](O)[C@@H](O[C@H]5[C@H](O)[C@@H](O)[C@@H](O[C@H]6[C@H](O)[C@@H](O)[C@@H](O[C@H]7[C@H](O)[C@@H](O)[C@@H](O[C@H]8[C@H](O)[C@@H](O)[C@@H](O[C@H]1[C@H](O)[C@H]2O)O[C@@H]8CO)O[C@@H]7CO)O[C@@H]6CO)O[C@@H]5CO)O[C@@H]4CO)O[C@@H]3CO.[Cl-]. The predicted molar refractivity (Wildman–Crippen MR) is 250 cm³/mol. The Kier molecular flexibility index (Phi) is 24.4. The third kappa shape index (κ3) is 14.2. The molecular weight excluding hydrogens is 1160 g/mol. The van der Waals surface area contributed by atoms with Crippen LogP contribution in [0.2, 0.25) is 0 Å². The zero-order valence-corrected chi connectivity index (χ0v) is 45.5. The molecule has 35 atom stereocenters. The standard InChI is InChI=1S/C46H80NO35.ClH/c1-4-47(2,3)68-11-18-39-25(60)32(67)46(75-18)81-38-17(10-53)73-44(30(65)23(38)58)79-36-15(8-51)71-42(28(63)21(36)56)77-34-13(6-49)69-40(26(61)19(34)54)76-33-12(5-48)70-41(27(62)20(33)55)78-35-14(7-50)72-43(29(64)22(35)57)80-37-16(9-52)74-45(82-39)31(66)24(37)59;/h12-46,48-67H,4-11H2,1-3H3;1H/q+1;/p-1/t12-,13-,14-,15-,16-,17-,18-,19-,20-,21-,22-,23-,24-,25-,26-,27-,28+,29-,30+,31-,32-,33-,34-,35-,36-,37-,38-,39-,40-,41-,42-,43-,44-,45-,46-;/m1./s1. The zero-order chi connectivity index (χ0) is 60.0. The van der Waals surface area contributed by atoms with E-state index in [-0.39, 0.29) is 17.1 Å². The molecule has 486 valence electrons. The minimum absolute atomic E-state index is 0. The Morgan fingerprint density at radius 2 is 0.422 bits per heavy atom. The maximum atomic E-state index is 11.7. The third-order valence-corrected chi connectivity index (χ3v) is 16.0. The van der Waals surface area contributed by atoms with Crippen LogP contribution in [0.15, 0.2) is 0 Å². The molecule has 0 unspecified atom stereocenters. The van der Waals surface area contributed by atoms with Crippen LogP contribution in [-0.4, -0.2) is 389 Å². The number of hydroxylamine groups is 3. The number of quaternary nitrogens is 1. The molecule has 21 fully saturated rings. The summed E-state index contributed by atoms with van der Waals surface area (Å²) >= 11 is 0. The molecule has 0 radical (unpaired) electrons. The number of aliphatic hydroxyl groups excluding tert-OH is 20. The Hall–Kier alpha value is -1.15. The average Bonchev–Trinajstić information content (AvgIpc) is 3.18. The minimum Gasteiger partial charge on any atom is -1.00 e. The lowest BCUT2D eigenvalue weighted by molar-refractivity contribution is -1.08. The number of hydrogen-bond acceptors (Lipinski definition) is 35. The number of halogens is 1. The largest absolute Gasteiger partial charge is 1.00 e. The lowest BCUT2D eigenvalue weighted by Crippen LogP contribution is -3.00. The molecule has 0 saturated carbocycles. The molecular formula is C46H80ClNO35. The Morgan fingerprint density at radius 3 is 0.578 bits per heavy atom. The molecule has 0 amide bonds. The second-order valence-electron chi connectivity index (χ2n) is 21.7. The van der Waals surface area contributed by atoms with E-state index in [9.17, 15) is 102 Å². The van der Waals surface area contributed by atoms with Gasteiger partial charge >= 0.3 is 0 Å². The average molecular weight is 1240 g/mol. The number of aliphatic hydroxyl groups is 20. The van der Waals surface area contributed by atoms with Crippen molar-refractivity contribution >= 4 is 0 Å². The first kappa shape index (κ1) is 69.3. The summed E-state index contributed by atoms with van der Waals surface area (Å²) in [4.78, 5) is 5.99. The van der Waals surface area contributed by atoms with Crippen LogP contribution >= 0.6 is 0 Å². The fourth-order valence-corrected chi connectivity index (χ4v) is 10.8. The molecule has 20 N–H and O–H groups in total. The molecule has 14 bridgehead atoms. The molecule has 21 saturated heterocycles. The highest BCUT2D eigenvalue weighted by Crippen LogP contribution is 2.39. The van der Waals surface area contributed by atoms with E-state index in [1.54, 1.807) is 21.0 Å². The van der Waals surface area contributed by atoms with Crippen molar-refractivity contribution in [3.63, 3.8) is 0 Å². The van der Waals surface area contributed by atoms with Crippen LogP contribution < -0.4 is 12.4 Å². The van der Waals surface area contributed by atoms with E-state index in [1.165, 1.54) is 0 Å². The van der Waals surface area contributed by atoms with Crippen molar-refractivity contribution in [3.8, 4) is 0 Å². The van der Waals surface area contributed by atoms with E-state index < -0.39 is 261 Å².